The number of ether oxygens (including phenoxy) is 1. The van der Waals surface area contributed by atoms with Crippen molar-refractivity contribution in [1.82, 2.24) is 5.32 Å². The van der Waals surface area contributed by atoms with Gasteiger partial charge in [-0.1, -0.05) is 37.9 Å². The quantitative estimate of drug-likeness (QED) is 0.797. The summed E-state index contributed by atoms with van der Waals surface area (Å²) in [6, 6.07) is 12.1. The van der Waals surface area contributed by atoms with Crippen LogP contribution in [0.4, 0.5) is 0 Å². The molecule has 0 aliphatic rings. The van der Waals surface area contributed by atoms with E-state index in [-0.39, 0.29) is 0 Å². The van der Waals surface area contributed by atoms with E-state index in [1.165, 1.54) is 0 Å². The summed E-state index contributed by atoms with van der Waals surface area (Å²) in [7, 11) is 1.93. The minimum absolute atomic E-state index is 0.766. The molecule has 2 aromatic rings. The van der Waals surface area contributed by atoms with Gasteiger partial charge in [-0.15, -0.1) is 0 Å². The molecule has 0 heterocycles. The van der Waals surface area contributed by atoms with Crippen LogP contribution in [0, 0.1) is 6.92 Å². The van der Waals surface area contributed by atoms with Gasteiger partial charge in [0.1, 0.15) is 11.5 Å². The Bertz CT molecular complexity index is 584. The third-order valence-corrected chi connectivity index (χ3v) is 3.75. The van der Waals surface area contributed by atoms with Crippen LogP contribution in [0.15, 0.2) is 45.3 Å². The first-order valence-electron chi connectivity index (χ1n) is 5.97. The van der Waals surface area contributed by atoms with E-state index in [4.69, 9.17) is 4.74 Å². The lowest BCUT2D eigenvalue weighted by Crippen LogP contribution is -2.06. The van der Waals surface area contributed by atoms with Gasteiger partial charge in [-0.25, -0.2) is 0 Å². The van der Waals surface area contributed by atoms with Crippen LogP contribution >= 0.6 is 31.9 Å². The van der Waals surface area contributed by atoms with Crippen molar-refractivity contribution in [2.45, 2.75) is 13.5 Å². The van der Waals surface area contributed by atoms with Crippen molar-refractivity contribution in [3.05, 3.63) is 56.5 Å². The fourth-order valence-corrected chi connectivity index (χ4v) is 2.53. The van der Waals surface area contributed by atoms with Crippen molar-refractivity contribution >= 4 is 31.9 Å². The van der Waals surface area contributed by atoms with Crippen molar-refractivity contribution in [3.8, 4) is 11.5 Å². The van der Waals surface area contributed by atoms with Gasteiger partial charge < -0.3 is 10.1 Å². The number of nitrogens with one attached hydrogen (secondary N) is 1. The highest BCUT2D eigenvalue weighted by molar-refractivity contribution is 9.10. The minimum atomic E-state index is 0.766. The third-order valence-electron chi connectivity index (χ3n) is 2.76. The van der Waals surface area contributed by atoms with Crippen LogP contribution in [0.2, 0.25) is 0 Å². The van der Waals surface area contributed by atoms with Gasteiger partial charge in [0.2, 0.25) is 0 Å². The Kier molecular flexibility index (Phi) is 5.02. The highest BCUT2D eigenvalue weighted by atomic mass is 79.9. The number of hydrogen-bond donors (Lipinski definition) is 1. The van der Waals surface area contributed by atoms with Gasteiger partial charge >= 0.3 is 0 Å². The van der Waals surface area contributed by atoms with Gasteiger partial charge in [0.15, 0.2) is 0 Å². The summed E-state index contributed by atoms with van der Waals surface area (Å²) < 4.78 is 8.10. The monoisotopic (exact) mass is 383 g/mol. The van der Waals surface area contributed by atoms with Gasteiger partial charge in [0.25, 0.3) is 0 Å². The molecule has 0 radical (unpaired) electrons. The molecule has 0 spiro atoms. The molecule has 0 saturated heterocycles. The number of halogens is 2. The van der Waals surface area contributed by atoms with Crippen molar-refractivity contribution in [3.63, 3.8) is 0 Å². The molecule has 2 nitrogen and oxygen atoms in total. The summed E-state index contributed by atoms with van der Waals surface area (Å²) in [5.74, 6) is 1.74. The first kappa shape index (κ1) is 14.6. The van der Waals surface area contributed by atoms with Crippen molar-refractivity contribution in [2.75, 3.05) is 7.05 Å². The van der Waals surface area contributed by atoms with E-state index in [0.717, 1.165) is 38.1 Å². The smallest absolute Gasteiger partial charge is 0.132 e. The molecular formula is C15H15Br2NO. The summed E-state index contributed by atoms with van der Waals surface area (Å²) in [5.41, 5.74) is 2.23. The van der Waals surface area contributed by atoms with Crippen LogP contribution < -0.4 is 10.1 Å². The summed E-state index contributed by atoms with van der Waals surface area (Å²) >= 11 is 6.96. The molecule has 0 bridgehead atoms. The fraction of sp³-hybridized carbons (Fsp3) is 0.200. The number of aryl methyl sites for hydroxylation is 1. The van der Waals surface area contributed by atoms with Crippen LogP contribution in [-0.2, 0) is 6.54 Å². The fourth-order valence-electron chi connectivity index (χ4n) is 1.78. The van der Waals surface area contributed by atoms with Gasteiger partial charge in [0, 0.05) is 21.1 Å². The zero-order chi connectivity index (χ0) is 13.8. The van der Waals surface area contributed by atoms with E-state index in [1.807, 2.05) is 44.3 Å². The van der Waals surface area contributed by atoms with Gasteiger partial charge in [-0.3, -0.25) is 0 Å². The van der Waals surface area contributed by atoms with Crippen molar-refractivity contribution in [1.29, 1.82) is 0 Å². The molecule has 1 N–H and O–H groups in total. The van der Waals surface area contributed by atoms with Gasteiger partial charge in [0.05, 0.1) is 0 Å². The number of hydrogen-bond acceptors (Lipinski definition) is 2. The first-order valence-corrected chi connectivity index (χ1v) is 7.56. The molecule has 4 heteroatoms. The maximum Gasteiger partial charge on any atom is 0.132 e. The Balaban J connectivity index is 2.34. The lowest BCUT2D eigenvalue weighted by molar-refractivity contribution is 0.470. The van der Waals surface area contributed by atoms with Crippen LogP contribution in [0.5, 0.6) is 11.5 Å². The van der Waals surface area contributed by atoms with E-state index in [1.54, 1.807) is 0 Å². The molecule has 0 aliphatic heterocycles. The molecule has 0 saturated carbocycles. The molecular weight excluding hydrogens is 370 g/mol. The summed E-state index contributed by atoms with van der Waals surface area (Å²) in [4.78, 5) is 0. The molecule has 19 heavy (non-hydrogen) atoms. The Morgan fingerprint density at radius 2 is 1.68 bits per heavy atom. The average molecular weight is 385 g/mol. The van der Waals surface area contributed by atoms with Gasteiger partial charge in [-0.05, 0) is 49.9 Å². The lowest BCUT2D eigenvalue weighted by atomic mass is 10.2. The standard InChI is InChI=1S/C15H15Br2NO/c1-10-3-4-13(17)8-15(10)19-14-6-5-12(16)7-11(14)9-18-2/h3-8,18H,9H2,1-2H3. The Morgan fingerprint density at radius 3 is 2.42 bits per heavy atom. The third kappa shape index (κ3) is 3.81. The van der Waals surface area contributed by atoms with Crippen LogP contribution in [0.25, 0.3) is 0 Å². The Labute approximate surface area is 130 Å². The second-order valence-corrected chi connectivity index (χ2v) is 6.13. The molecule has 0 aromatic heterocycles. The van der Waals surface area contributed by atoms with E-state index in [0.29, 0.717) is 0 Å². The van der Waals surface area contributed by atoms with Crippen molar-refractivity contribution in [2.24, 2.45) is 0 Å². The van der Waals surface area contributed by atoms with Crippen LogP contribution in [-0.4, -0.2) is 7.05 Å². The summed E-state index contributed by atoms with van der Waals surface area (Å²) in [5, 5.41) is 3.15. The van der Waals surface area contributed by atoms with Gasteiger partial charge in [-0.2, -0.15) is 0 Å². The molecule has 0 atom stereocenters. The molecule has 0 amide bonds. The predicted molar refractivity (Wildman–Crippen MR) is 85.9 cm³/mol. The zero-order valence-electron chi connectivity index (χ0n) is 10.8. The number of benzene rings is 2. The average Bonchev–Trinajstić information content (AvgIpc) is 2.37. The normalized spacial score (nSPS) is 10.5. The van der Waals surface area contributed by atoms with E-state index in [9.17, 15) is 0 Å². The Morgan fingerprint density at radius 1 is 1.00 bits per heavy atom. The van der Waals surface area contributed by atoms with Crippen LogP contribution in [0.1, 0.15) is 11.1 Å². The van der Waals surface area contributed by atoms with E-state index >= 15 is 0 Å². The predicted octanol–water partition coefficient (Wildman–Crippen LogP) is 5.03. The van der Waals surface area contributed by atoms with E-state index < -0.39 is 0 Å². The molecule has 2 aromatic carbocycles. The molecule has 0 unspecified atom stereocenters. The van der Waals surface area contributed by atoms with Crippen LogP contribution in [0.3, 0.4) is 0 Å². The SMILES string of the molecule is CNCc1cc(Br)ccc1Oc1cc(Br)ccc1C. The maximum absolute atomic E-state index is 6.04. The highest BCUT2D eigenvalue weighted by Gasteiger charge is 2.07. The second kappa shape index (κ2) is 6.55. The molecule has 0 fully saturated rings. The summed E-state index contributed by atoms with van der Waals surface area (Å²) in [6.07, 6.45) is 0. The second-order valence-electron chi connectivity index (χ2n) is 4.29. The minimum Gasteiger partial charge on any atom is -0.457 e. The zero-order valence-corrected chi connectivity index (χ0v) is 14.0. The Hall–Kier alpha value is -0.840. The first-order chi connectivity index (χ1) is 9.10. The highest BCUT2D eigenvalue weighted by Crippen LogP contribution is 2.31. The maximum atomic E-state index is 6.04. The molecule has 100 valence electrons. The largest absolute Gasteiger partial charge is 0.457 e. The molecule has 2 rings (SSSR count). The topological polar surface area (TPSA) is 21.3 Å². The lowest BCUT2D eigenvalue weighted by Gasteiger charge is -2.13. The van der Waals surface area contributed by atoms with Crippen molar-refractivity contribution < 1.29 is 4.74 Å². The van der Waals surface area contributed by atoms with E-state index in [2.05, 4.69) is 43.2 Å². The number of rotatable bonds is 4. The molecule has 0 aliphatic carbocycles. The summed E-state index contributed by atoms with van der Waals surface area (Å²) in [6.45, 7) is 2.81.